The molecular weight excluding hydrogens is 259 g/mol. The fourth-order valence-corrected chi connectivity index (χ4v) is 2.42. The number of hydrogen-bond donors (Lipinski definition) is 1. The number of nitrogens with two attached hydrogens (primary N) is 1. The van der Waals surface area contributed by atoms with Crippen LogP contribution in [0, 0.1) is 5.82 Å². The lowest BCUT2D eigenvalue weighted by molar-refractivity contribution is 0.0561. The predicted octanol–water partition coefficient (Wildman–Crippen LogP) is 2.84. The van der Waals surface area contributed by atoms with E-state index in [0.29, 0.717) is 25.1 Å². The lowest BCUT2D eigenvalue weighted by Crippen LogP contribution is -2.49. The van der Waals surface area contributed by atoms with Crippen molar-refractivity contribution in [2.24, 2.45) is 5.73 Å². The van der Waals surface area contributed by atoms with Gasteiger partial charge in [0.25, 0.3) is 0 Å². The van der Waals surface area contributed by atoms with E-state index < -0.39 is 11.7 Å². The lowest BCUT2D eigenvalue weighted by Gasteiger charge is -2.37. The molecule has 0 saturated heterocycles. The number of rotatable bonds is 1. The second kappa shape index (κ2) is 5.40. The molecular formula is C15H21FN2O2. The van der Waals surface area contributed by atoms with Gasteiger partial charge in [-0.05, 0) is 57.4 Å². The summed E-state index contributed by atoms with van der Waals surface area (Å²) >= 11 is 0. The van der Waals surface area contributed by atoms with E-state index in [2.05, 4.69) is 0 Å². The van der Waals surface area contributed by atoms with Gasteiger partial charge in [-0.1, -0.05) is 0 Å². The van der Waals surface area contributed by atoms with Crippen LogP contribution >= 0.6 is 0 Å². The highest BCUT2D eigenvalue weighted by Gasteiger charge is 2.33. The third-order valence-corrected chi connectivity index (χ3v) is 3.28. The number of nitrogens with zero attached hydrogens (tertiary/aromatic N) is 1. The van der Waals surface area contributed by atoms with Crippen LogP contribution in [0.25, 0.3) is 0 Å². The molecule has 1 aromatic rings. The zero-order valence-electron chi connectivity index (χ0n) is 12.1. The SMILES string of the molecule is CC(C)(C)OC(=O)N1c2ccc(F)cc2CC[C@H]1CN. The van der Waals surface area contributed by atoms with Crippen molar-refractivity contribution < 1.29 is 13.9 Å². The van der Waals surface area contributed by atoms with Crippen molar-refractivity contribution >= 4 is 11.8 Å². The van der Waals surface area contributed by atoms with Crippen molar-refractivity contribution in [1.82, 2.24) is 0 Å². The van der Waals surface area contributed by atoms with Crippen LogP contribution in [0.15, 0.2) is 18.2 Å². The van der Waals surface area contributed by atoms with E-state index in [1.54, 1.807) is 11.0 Å². The third kappa shape index (κ3) is 3.10. The number of hydrogen-bond acceptors (Lipinski definition) is 3. The van der Waals surface area contributed by atoms with Crippen molar-refractivity contribution in [2.45, 2.75) is 45.3 Å². The topological polar surface area (TPSA) is 55.6 Å². The van der Waals surface area contributed by atoms with Crippen molar-refractivity contribution in [3.05, 3.63) is 29.6 Å². The summed E-state index contributed by atoms with van der Waals surface area (Å²) in [5, 5.41) is 0. The van der Waals surface area contributed by atoms with Crippen LogP contribution in [0.4, 0.5) is 14.9 Å². The Morgan fingerprint density at radius 1 is 1.50 bits per heavy atom. The highest BCUT2D eigenvalue weighted by atomic mass is 19.1. The maximum atomic E-state index is 13.3. The molecule has 0 radical (unpaired) electrons. The molecule has 4 nitrogen and oxygen atoms in total. The summed E-state index contributed by atoms with van der Waals surface area (Å²) in [4.78, 5) is 13.9. The Morgan fingerprint density at radius 3 is 2.80 bits per heavy atom. The van der Waals surface area contributed by atoms with Gasteiger partial charge in [0.2, 0.25) is 0 Å². The standard InChI is InChI=1S/C15H21FN2O2/c1-15(2,3)20-14(19)18-12(9-17)6-4-10-8-11(16)5-7-13(10)18/h5,7-8,12H,4,6,9,17H2,1-3H3/t12-/m0/s1. The summed E-state index contributed by atoms with van der Waals surface area (Å²) in [6, 6.07) is 4.34. The number of anilines is 1. The lowest BCUT2D eigenvalue weighted by atomic mass is 9.96. The Labute approximate surface area is 118 Å². The smallest absolute Gasteiger partial charge is 0.415 e. The minimum absolute atomic E-state index is 0.109. The average molecular weight is 280 g/mol. The van der Waals surface area contributed by atoms with Gasteiger partial charge in [0.1, 0.15) is 11.4 Å². The van der Waals surface area contributed by atoms with E-state index in [9.17, 15) is 9.18 Å². The van der Waals surface area contributed by atoms with Crippen molar-refractivity contribution in [3.63, 3.8) is 0 Å². The van der Waals surface area contributed by atoms with Crippen LogP contribution in [-0.2, 0) is 11.2 Å². The van der Waals surface area contributed by atoms with E-state index in [1.165, 1.54) is 12.1 Å². The number of aryl methyl sites for hydroxylation is 1. The van der Waals surface area contributed by atoms with Gasteiger partial charge >= 0.3 is 6.09 Å². The van der Waals surface area contributed by atoms with Gasteiger partial charge < -0.3 is 10.5 Å². The fraction of sp³-hybridized carbons (Fsp3) is 0.533. The zero-order valence-corrected chi connectivity index (χ0v) is 12.1. The molecule has 1 atom stereocenters. The quantitative estimate of drug-likeness (QED) is 0.860. The van der Waals surface area contributed by atoms with Gasteiger partial charge in [-0.3, -0.25) is 4.90 Å². The fourth-order valence-electron chi connectivity index (χ4n) is 2.42. The summed E-state index contributed by atoms with van der Waals surface area (Å²) in [6.07, 6.45) is 1.00. The van der Waals surface area contributed by atoms with Gasteiger partial charge in [0.15, 0.2) is 0 Å². The summed E-state index contributed by atoms with van der Waals surface area (Å²) in [5.41, 5.74) is 6.70. The minimum Gasteiger partial charge on any atom is -0.443 e. The number of amides is 1. The molecule has 0 aliphatic carbocycles. The highest BCUT2D eigenvalue weighted by molar-refractivity contribution is 5.90. The second-order valence-electron chi connectivity index (χ2n) is 6.05. The van der Waals surface area contributed by atoms with Crippen LogP contribution in [-0.4, -0.2) is 24.3 Å². The Balaban J connectivity index is 2.35. The molecule has 1 aromatic carbocycles. The highest BCUT2D eigenvalue weighted by Crippen LogP contribution is 2.32. The molecule has 110 valence electrons. The van der Waals surface area contributed by atoms with Gasteiger partial charge in [0.05, 0.1) is 11.7 Å². The minimum atomic E-state index is -0.576. The third-order valence-electron chi connectivity index (χ3n) is 3.28. The first-order chi connectivity index (χ1) is 9.31. The first kappa shape index (κ1) is 14.8. The number of halogens is 1. The number of fused-ring (bicyclic) bond motifs is 1. The van der Waals surface area contributed by atoms with Gasteiger partial charge in [-0.25, -0.2) is 9.18 Å². The summed E-state index contributed by atoms with van der Waals surface area (Å²) < 4.78 is 18.7. The summed E-state index contributed by atoms with van der Waals surface area (Å²) in [6.45, 7) is 5.81. The Morgan fingerprint density at radius 2 is 2.20 bits per heavy atom. The van der Waals surface area contributed by atoms with Crippen molar-refractivity contribution in [2.75, 3.05) is 11.4 Å². The molecule has 1 heterocycles. The van der Waals surface area contributed by atoms with Gasteiger partial charge in [-0.15, -0.1) is 0 Å². The van der Waals surface area contributed by atoms with E-state index in [-0.39, 0.29) is 11.9 Å². The van der Waals surface area contributed by atoms with Crippen LogP contribution in [0.5, 0.6) is 0 Å². The molecule has 20 heavy (non-hydrogen) atoms. The molecule has 1 aliphatic rings. The van der Waals surface area contributed by atoms with E-state index in [0.717, 1.165) is 5.56 Å². The largest absolute Gasteiger partial charge is 0.443 e. The Hall–Kier alpha value is -1.62. The molecule has 0 fully saturated rings. The molecule has 0 unspecified atom stereocenters. The first-order valence-corrected chi connectivity index (χ1v) is 6.82. The Kier molecular flexibility index (Phi) is 3.99. The molecule has 0 aromatic heterocycles. The molecule has 0 saturated carbocycles. The number of carbonyl (C=O) groups is 1. The molecule has 1 amide bonds. The number of ether oxygens (including phenoxy) is 1. The number of benzene rings is 1. The van der Waals surface area contributed by atoms with Crippen LogP contribution in [0.3, 0.4) is 0 Å². The normalized spacial score (nSPS) is 18.6. The summed E-state index contributed by atoms with van der Waals surface area (Å²) in [7, 11) is 0. The van der Waals surface area contributed by atoms with Crippen LogP contribution < -0.4 is 10.6 Å². The maximum Gasteiger partial charge on any atom is 0.415 e. The zero-order chi connectivity index (χ0) is 14.9. The molecule has 2 N–H and O–H groups in total. The Bertz CT molecular complexity index is 511. The van der Waals surface area contributed by atoms with Gasteiger partial charge in [0, 0.05) is 6.54 Å². The van der Waals surface area contributed by atoms with E-state index >= 15 is 0 Å². The van der Waals surface area contributed by atoms with Crippen molar-refractivity contribution in [1.29, 1.82) is 0 Å². The molecule has 1 aliphatic heterocycles. The summed E-state index contributed by atoms with van der Waals surface area (Å²) in [5.74, 6) is -0.293. The monoisotopic (exact) mass is 280 g/mol. The molecule has 0 bridgehead atoms. The average Bonchev–Trinajstić information content (AvgIpc) is 2.34. The van der Waals surface area contributed by atoms with Gasteiger partial charge in [-0.2, -0.15) is 0 Å². The molecule has 5 heteroatoms. The maximum absolute atomic E-state index is 13.3. The molecule has 2 rings (SSSR count). The van der Waals surface area contributed by atoms with Crippen LogP contribution in [0.2, 0.25) is 0 Å². The molecule has 0 spiro atoms. The number of carbonyl (C=O) groups excluding carboxylic acids is 1. The predicted molar refractivity (Wildman–Crippen MR) is 76.3 cm³/mol. The van der Waals surface area contributed by atoms with E-state index in [1.807, 2.05) is 20.8 Å². The van der Waals surface area contributed by atoms with E-state index in [4.69, 9.17) is 10.5 Å². The first-order valence-electron chi connectivity index (χ1n) is 6.82. The second-order valence-corrected chi connectivity index (χ2v) is 6.05. The van der Waals surface area contributed by atoms with Crippen LogP contribution in [0.1, 0.15) is 32.8 Å². The van der Waals surface area contributed by atoms with Crippen molar-refractivity contribution in [3.8, 4) is 0 Å².